The van der Waals surface area contributed by atoms with Gasteiger partial charge in [-0.15, -0.1) is 0 Å². The van der Waals surface area contributed by atoms with Crippen LogP contribution in [0.1, 0.15) is 11.1 Å². The molecule has 1 heterocycles. The fourth-order valence-electron chi connectivity index (χ4n) is 2.31. The number of hydrogen-bond acceptors (Lipinski definition) is 2. The van der Waals surface area contributed by atoms with Crippen molar-refractivity contribution in [2.24, 2.45) is 0 Å². The minimum absolute atomic E-state index is 0.239. The van der Waals surface area contributed by atoms with Crippen LogP contribution in [0.4, 0.5) is 10.1 Å². The Morgan fingerprint density at radius 2 is 1.95 bits per heavy atom. The van der Waals surface area contributed by atoms with Gasteiger partial charge in [-0.05, 0) is 36.8 Å². The molecular formula is C17H17FN2O. The normalized spacial score (nSPS) is 11.0. The van der Waals surface area contributed by atoms with Crippen molar-refractivity contribution in [3.63, 3.8) is 0 Å². The van der Waals surface area contributed by atoms with E-state index < -0.39 is 0 Å². The van der Waals surface area contributed by atoms with E-state index in [0.29, 0.717) is 29.8 Å². The van der Waals surface area contributed by atoms with Crippen molar-refractivity contribution in [3.8, 4) is 5.75 Å². The average molecular weight is 284 g/mol. The summed E-state index contributed by atoms with van der Waals surface area (Å²) in [7, 11) is 0. The van der Waals surface area contributed by atoms with E-state index in [1.807, 2.05) is 31.2 Å². The summed E-state index contributed by atoms with van der Waals surface area (Å²) in [6.45, 7) is 2.45. The van der Waals surface area contributed by atoms with Gasteiger partial charge in [-0.3, -0.25) is 0 Å². The molecule has 3 aromatic rings. The largest absolute Gasteiger partial charge is 0.493 e. The van der Waals surface area contributed by atoms with Gasteiger partial charge in [0.25, 0.3) is 0 Å². The van der Waals surface area contributed by atoms with Crippen molar-refractivity contribution in [2.75, 3.05) is 12.3 Å². The average Bonchev–Trinajstić information content (AvgIpc) is 2.82. The van der Waals surface area contributed by atoms with Crippen LogP contribution in [0.3, 0.4) is 0 Å². The predicted octanol–water partition coefficient (Wildman–Crippen LogP) is 3.82. The van der Waals surface area contributed by atoms with Crippen LogP contribution in [0.15, 0.2) is 42.6 Å². The Morgan fingerprint density at radius 1 is 1.19 bits per heavy atom. The van der Waals surface area contributed by atoms with E-state index in [1.54, 1.807) is 12.3 Å². The monoisotopic (exact) mass is 284 g/mol. The van der Waals surface area contributed by atoms with Crippen LogP contribution >= 0.6 is 0 Å². The fraction of sp³-hybridized carbons (Fsp3) is 0.176. The van der Waals surface area contributed by atoms with Crippen molar-refractivity contribution in [1.82, 2.24) is 4.98 Å². The lowest BCUT2D eigenvalue weighted by molar-refractivity contribution is 0.320. The standard InChI is InChI=1S/C17H17FN2O/c1-11-2-4-13(5-3-11)21-7-6-12-8-14-16(19)10-20-17(14)9-15(12)18/h2-5,8-10,20H,6-7,19H2,1H3. The first-order chi connectivity index (χ1) is 10.1. The Hall–Kier alpha value is -2.49. The number of aromatic nitrogens is 1. The second-order valence-corrected chi connectivity index (χ2v) is 5.14. The van der Waals surface area contributed by atoms with Crippen molar-refractivity contribution >= 4 is 16.6 Å². The highest BCUT2D eigenvalue weighted by Crippen LogP contribution is 2.24. The topological polar surface area (TPSA) is 51.0 Å². The molecule has 2 aromatic carbocycles. The first-order valence-corrected chi connectivity index (χ1v) is 6.88. The van der Waals surface area contributed by atoms with E-state index in [2.05, 4.69) is 4.98 Å². The number of benzene rings is 2. The summed E-state index contributed by atoms with van der Waals surface area (Å²) in [5, 5.41) is 0.849. The Labute approximate surface area is 122 Å². The highest BCUT2D eigenvalue weighted by Gasteiger charge is 2.08. The Bertz CT molecular complexity index is 762. The number of fused-ring (bicyclic) bond motifs is 1. The quantitative estimate of drug-likeness (QED) is 0.765. The zero-order valence-corrected chi connectivity index (χ0v) is 11.8. The van der Waals surface area contributed by atoms with Gasteiger partial charge in [0.1, 0.15) is 11.6 Å². The number of nitrogens with one attached hydrogen (secondary N) is 1. The first-order valence-electron chi connectivity index (χ1n) is 6.88. The summed E-state index contributed by atoms with van der Waals surface area (Å²) < 4.78 is 19.6. The molecular weight excluding hydrogens is 267 g/mol. The molecule has 0 bridgehead atoms. The maximum Gasteiger partial charge on any atom is 0.128 e. The van der Waals surface area contributed by atoms with Crippen LogP contribution in [-0.2, 0) is 6.42 Å². The molecule has 0 radical (unpaired) electrons. The van der Waals surface area contributed by atoms with Gasteiger partial charge in [0, 0.05) is 18.0 Å². The lowest BCUT2D eigenvalue weighted by Gasteiger charge is -2.08. The van der Waals surface area contributed by atoms with Gasteiger partial charge in [0.2, 0.25) is 0 Å². The third-order valence-electron chi connectivity index (χ3n) is 3.54. The lowest BCUT2D eigenvalue weighted by Crippen LogP contribution is -2.03. The molecule has 3 nitrogen and oxygen atoms in total. The highest BCUT2D eigenvalue weighted by atomic mass is 19.1. The van der Waals surface area contributed by atoms with Crippen molar-refractivity contribution in [2.45, 2.75) is 13.3 Å². The van der Waals surface area contributed by atoms with Gasteiger partial charge in [-0.1, -0.05) is 17.7 Å². The summed E-state index contributed by atoms with van der Waals surface area (Å²) in [4.78, 5) is 2.95. The van der Waals surface area contributed by atoms with Crippen LogP contribution < -0.4 is 10.5 Å². The molecule has 0 aliphatic heterocycles. The van der Waals surface area contributed by atoms with Crippen LogP contribution in [0.2, 0.25) is 0 Å². The van der Waals surface area contributed by atoms with Gasteiger partial charge in [-0.2, -0.15) is 0 Å². The van der Waals surface area contributed by atoms with Gasteiger partial charge in [0.05, 0.1) is 17.8 Å². The second-order valence-electron chi connectivity index (χ2n) is 5.14. The highest BCUT2D eigenvalue weighted by molar-refractivity contribution is 5.91. The third kappa shape index (κ3) is 2.84. The molecule has 0 unspecified atom stereocenters. The zero-order chi connectivity index (χ0) is 14.8. The molecule has 0 atom stereocenters. The van der Waals surface area contributed by atoms with Gasteiger partial charge < -0.3 is 15.5 Å². The predicted molar refractivity (Wildman–Crippen MR) is 83.0 cm³/mol. The molecule has 4 heteroatoms. The number of rotatable bonds is 4. The van der Waals surface area contributed by atoms with Crippen LogP contribution in [-0.4, -0.2) is 11.6 Å². The van der Waals surface area contributed by atoms with E-state index in [0.717, 1.165) is 11.1 Å². The Kier molecular flexibility index (Phi) is 3.52. The van der Waals surface area contributed by atoms with E-state index in [9.17, 15) is 4.39 Å². The van der Waals surface area contributed by atoms with Crippen LogP contribution in [0.25, 0.3) is 10.9 Å². The lowest BCUT2D eigenvalue weighted by atomic mass is 10.1. The number of aromatic amines is 1. The maximum absolute atomic E-state index is 14.0. The SMILES string of the molecule is Cc1ccc(OCCc2cc3c(N)c[nH]c3cc2F)cc1. The minimum Gasteiger partial charge on any atom is -0.493 e. The second kappa shape index (κ2) is 5.48. The summed E-state index contributed by atoms with van der Waals surface area (Å²) in [6, 6.07) is 11.1. The van der Waals surface area contributed by atoms with Crippen molar-refractivity contribution in [1.29, 1.82) is 0 Å². The molecule has 1 aromatic heterocycles. The number of hydrogen-bond donors (Lipinski definition) is 2. The number of nitrogen functional groups attached to an aromatic ring is 1. The van der Waals surface area contributed by atoms with E-state index in [-0.39, 0.29) is 5.82 Å². The smallest absolute Gasteiger partial charge is 0.128 e. The Morgan fingerprint density at radius 3 is 2.71 bits per heavy atom. The number of halogens is 1. The number of aryl methyl sites for hydroxylation is 1. The van der Waals surface area contributed by atoms with Gasteiger partial charge in [0.15, 0.2) is 0 Å². The molecule has 108 valence electrons. The molecule has 0 fully saturated rings. The third-order valence-corrected chi connectivity index (χ3v) is 3.54. The molecule has 0 spiro atoms. The van der Waals surface area contributed by atoms with E-state index in [1.165, 1.54) is 11.6 Å². The molecule has 0 amide bonds. The molecule has 3 rings (SSSR count). The summed E-state index contributed by atoms with van der Waals surface area (Å²) >= 11 is 0. The number of anilines is 1. The molecule has 0 saturated carbocycles. The maximum atomic E-state index is 14.0. The Balaban J connectivity index is 1.71. The zero-order valence-electron chi connectivity index (χ0n) is 11.8. The molecule has 0 aliphatic rings. The summed E-state index contributed by atoms with van der Waals surface area (Å²) in [6.07, 6.45) is 2.18. The van der Waals surface area contributed by atoms with Crippen LogP contribution in [0.5, 0.6) is 5.75 Å². The van der Waals surface area contributed by atoms with E-state index >= 15 is 0 Å². The van der Waals surface area contributed by atoms with Crippen molar-refractivity contribution in [3.05, 3.63) is 59.5 Å². The molecule has 0 aliphatic carbocycles. The molecule has 3 N–H and O–H groups in total. The van der Waals surface area contributed by atoms with Crippen LogP contribution in [0, 0.1) is 12.7 Å². The van der Waals surface area contributed by atoms with E-state index in [4.69, 9.17) is 10.5 Å². The summed E-state index contributed by atoms with van der Waals surface area (Å²) in [5.74, 6) is 0.556. The number of nitrogens with two attached hydrogens (primary N) is 1. The number of ether oxygens (including phenoxy) is 1. The van der Waals surface area contributed by atoms with Gasteiger partial charge >= 0.3 is 0 Å². The first kappa shape index (κ1) is 13.5. The summed E-state index contributed by atoms with van der Waals surface area (Å²) in [5.41, 5.74) is 8.98. The minimum atomic E-state index is -0.239. The molecule has 0 saturated heterocycles. The van der Waals surface area contributed by atoms with Gasteiger partial charge in [-0.25, -0.2) is 4.39 Å². The van der Waals surface area contributed by atoms with Crippen molar-refractivity contribution < 1.29 is 9.13 Å². The molecule has 21 heavy (non-hydrogen) atoms. The fourth-order valence-corrected chi connectivity index (χ4v) is 2.31. The number of H-pyrrole nitrogens is 1.